The Morgan fingerprint density at radius 2 is 2.03 bits per heavy atom. The molecule has 0 saturated heterocycles. The van der Waals surface area contributed by atoms with Gasteiger partial charge in [0.25, 0.3) is 5.91 Å². The van der Waals surface area contributed by atoms with E-state index >= 15 is 0 Å². The number of carbonyl (C=O) groups is 2. The van der Waals surface area contributed by atoms with Crippen LogP contribution in [0.2, 0.25) is 0 Å². The predicted molar refractivity (Wildman–Crippen MR) is 125 cm³/mol. The van der Waals surface area contributed by atoms with E-state index in [4.69, 9.17) is 19.6 Å². The minimum absolute atomic E-state index is 0.00520. The molecule has 4 rings (SSSR count). The molecule has 0 aliphatic rings. The van der Waals surface area contributed by atoms with Crippen LogP contribution in [0.1, 0.15) is 45.0 Å². The molecular weight excluding hydrogens is 488 g/mol. The van der Waals surface area contributed by atoms with Crippen LogP contribution in [-0.4, -0.2) is 57.1 Å². The molecule has 37 heavy (non-hydrogen) atoms. The molecule has 0 unspecified atom stereocenters. The van der Waals surface area contributed by atoms with E-state index in [1.807, 2.05) is 6.92 Å². The first kappa shape index (κ1) is 24.9. The highest BCUT2D eigenvalue weighted by Crippen LogP contribution is 2.29. The number of nitrogens with one attached hydrogen (secondary N) is 1. The highest BCUT2D eigenvalue weighted by molar-refractivity contribution is 5.94. The maximum absolute atomic E-state index is 12.5. The molecule has 4 aromatic rings. The maximum atomic E-state index is 12.5. The van der Waals surface area contributed by atoms with Crippen LogP contribution >= 0.6 is 0 Å². The zero-order valence-corrected chi connectivity index (χ0v) is 20.0. The normalized spacial score (nSPS) is 11.0. The summed E-state index contributed by atoms with van der Waals surface area (Å²) in [5.41, 5.74) is 9.07. The molecule has 3 heterocycles. The summed E-state index contributed by atoms with van der Waals surface area (Å²) in [7, 11) is 1.27. The van der Waals surface area contributed by atoms with E-state index < -0.39 is 11.9 Å². The highest BCUT2D eigenvalue weighted by atomic mass is 16.6. The zero-order valence-electron chi connectivity index (χ0n) is 20.0. The summed E-state index contributed by atoms with van der Waals surface area (Å²) in [6, 6.07) is 8.22. The Balaban J connectivity index is 1.40. The molecule has 0 spiro atoms. The van der Waals surface area contributed by atoms with Gasteiger partial charge in [0.1, 0.15) is 12.4 Å². The number of amides is 1. The largest absolute Gasteiger partial charge is 0.490 e. The molecular formula is C22H22N8O7. The summed E-state index contributed by atoms with van der Waals surface area (Å²) >= 11 is 0. The van der Waals surface area contributed by atoms with Crippen LogP contribution in [0, 0.1) is 6.92 Å². The van der Waals surface area contributed by atoms with E-state index in [0.29, 0.717) is 35.1 Å². The van der Waals surface area contributed by atoms with Crippen molar-refractivity contribution < 1.29 is 32.8 Å². The van der Waals surface area contributed by atoms with Gasteiger partial charge in [-0.05, 0) is 60.1 Å². The number of nitrogen functional groups attached to an aromatic ring is 1. The van der Waals surface area contributed by atoms with Crippen LogP contribution in [-0.2, 0) is 11.3 Å². The molecule has 1 amide bonds. The number of methoxy groups -OCH3 is 1. The maximum Gasteiger partial charge on any atom is 0.373 e. The van der Waals surface area contributed by atoms with Gasteiger partial charge in [-0.1, -0.05) is 5.21 Å². The van der Waals surface area contributed by atoms with Gasteiger partial charge in [0.15, 0.2) is 17.2 Å². The van der Waals surface area contributed by atoms with Crippen LogP contribution < -0.4 is 20.6 Å². The summed E-state index contributed by atoms with van der Waals surface area (Å²) in [6.07, 6.45) is 1.43. The molecule has 0 bridgehead atoms. The van der Waals surface area contributed by atoms with Gasteiger partial charge in [-0.15, -0.1) is 5.10 Å². The summed E-state index contributed by atoms with van der Waals surface area (Å²) < 4.78 is 27.2. The van der Waals surface area contributed by atoms with Crippen LogP contribution in [0.25, 0.3) is 5.82 Å². The molecule has 0 radical (unpaired) electrons. The lowest BCUT2D eigenvalue weighted by atomic mass is 10.2. The second-order valence-electron chi connectivity index (χ2n) is 7.29. The average molecular weight is 510 g/mol. The van der Waals surface area contributed by atoms with E-state index in [-0.39, 0.29) is 29.7 Å². The number of furan rings is 1. The third kappa shape index (κ3) is 5.55. The number of esters is 1. The Labute approximate surface area is 209 Å². The lowest BCUT2D eigenvalue weighted by Crippen LogP contribution is -2.19. The molecule has 0 atom stereocenters. The molecule has 3 aromatic heterocycles. The lowest BCUT2D eigenvalue weighted by molar-refractivity contribution is 0.0560. The molecule has 192 valence electrons. The minimum atomic E-state index is -0.593. The second kappa shape index (κ2) is 11.0. The number of nitrogens with two attached hydrogens (primary N) is 1. The van der Waals surface area contributed by atoms with Crippen molar-refractivity contribution in [2.24, 2.45) is 5.10 Å². The summed E-state index contributed by atoms with van der Waals surface area (Å²) in [5.74, 6) is 0.379. The van der Waals surface area contributed by atoms with Crippen LogP contribution in [0.4, 0.5) is 5.82 Å². The van der Waals surface area contributed by atoms with E-state index in [0.717, 1.165) is 0 Å². The number of hydrogen-bond acceptors (Lipinski definition) is 13. The monoisotopic (exact) mass is 510 g/mol. The molecule has 15 nitrogen and oxygen atoms in total. The topological polar surface area (TPSA) is 195 Å². The smallest absolute Gasteiger partial charge is 0.373 e. The summed E-state index contributed by atoms with van der Waals surface area (Å²) in [4.78, 5) is 24.0. The van der Waals surface area contributed by atoms with Crippen molar-refractivity contribution in [1.82, 2.24) is 30.7 Å². The fourth-order valence-electron chi connectivity index (χ4n) is 3.10. The number of nitrogens with zero attached hydrogens (tertiary/aromatic N) is 6. The molecule has 15 heteroatoms. The lowest BCUT2D eigenvalue weighted by Gasteiger charge is -2.11. The number of ether oxygens (including phenoxy) is 3. The van der Waals surface area contributed by atoms with Crippen molar-refractivity contribution in [2.45, 2.75) is 20.5 Å². The van der Waals surface area contributed by atoms with Gasteiger partial charge >= 0.3 is 5.97 Å². The highest BCUT2D eigenvalue weighted by Gasteiger charge is 2.20. The fourth-order valence-corrected chi connectivity index (χ4v) is 3.10. The number of hydrazone groups is 1. The molecule has 0 aliphatic heterocycles. The van der Waals surface area contributed by atoms with Crippen molar-refractivity contribution in [3.05, 3.63) is 58.8 Å². The van der Waals surface area contributed by atoms with E-state index in [9.17, 15) is 9.59 Å². The van der Waals surface area contributed by atoms with Gasteiger partial charge < -0.3 is 24.4 Å². The Hall–Kier alpha value is -5.21. The number of carbonyl (C=O) groups excluding carboxylic acids is 2. The van der Waals surface area contributed by atoms with Gasteiger partial charge in [-0.3, -0.25) is 4.79 Å². The standard InChI is InChI=1S/C22H22N8O7/c1-4-34-17-9-13(5-7-15(17)35-11-14-6-8-16(36-14)22(32)33-3)10-24-26-21(31)18-12(2)30(29-25-18)20-19(23)27-37-28-20/h5-10H,4,11H2,1-3H3,(H2,23,27)(H,26,31). The van der Waals surface area contributed by atoms with Gasteiger partial charge in [-0.25, -0.2) is 14.8 Å². The number of hydrogen-bond donors (Lipinski definition) is 2. The predicted octanol–water partition coefficient (Wildman–Crippen LogP) is 1.66. The van der Waals surface area contributed by atoms with Crippen molar-refractivity contribution in [2.75, 3.05) is 19.5 Å². The van der Waals surface area contributed by atoms with Gasteiger partial charge in [0, 0.05) is 0 Å². The zero-order chi connectivity index (χ0) is 26.4. The van der Waals surface area contributed by atoms with E-state index in [2.05, 4.69) is 40.5 Å². The van der Waals surface area contributed by atoms with Crippen molar-refractivity contribution in [3.8, 4) is 17.3 Å². The quantitative estimate of drug-likeness (QED) is 0.178. The Morgan fingerprint density at radius 3 is 2.76 bits per heavy atom. The number of aromatic nitrogens is 5. The molecule has 0 fully saturated rings. The number of benzene rings is 1. The second-order valence-corrected chi connectivity index (χ2v) is 7.29. The van der Waals surface area contributed by atoms with Crippen molar-refractivity contribution in [1.29, 1.82) is 0 Å². The van der Waals surface area contributed by atoms with Crippen LogP contribution in [0.15, 0.2) is 44.5 Å². The Kier molecular flexibility index (Phi) is 7.42. The number of rotatable bonds is 10. The van der Waals surface area contributed by atoms with Crippen LogP contribution in [0.5, 0.6) is 11.5 Å². The first-order valence-corrected chi connectivity index (χ1v) is 10.8. The van der Waals surface area contributed by atoms with E-state index in [1.54, 1.807) is 31.2 Å². The van der Waals surface area contributed by atoms with Gasteiger partial charge in [0.05, 0.1) is 25.6 Å². The molecule has 0 saturated carbocycles. The SMILES string of the molecule is CCOc1cc(C=NNC(=O)c2nnn(-c3nonc3N)c2C)ccc1OCc1ccc(C(=O)OC)o1. The summed E-state index contributed by atoms with van der Waals surface area (Å²) in [6.45, 7) is 3.90. The van der Waals surface area contributed by atoms with Crippen LogP contribution in [0.3, 0.4) is 0 Å². The average Bonchev–Trinajstić information content (AvgIpc) is 3.63. The fraction of sp³-hybridized carbons (Fsp3) is 0.227. The first-order valence-electron chi connectivity index (χ1n) is 10.8. The third-order valence-corrected chi connectivity index (χ3v) is 4.87. The Morgan fingerprint density at radius 1 is 1.19 bits per heavy atom. The van der Waals surface area contributed by atoms with Crippen molar-refractivity contribution in [3.63, 3.8) is 0 Å². The van der Waals surface area contributed by atoms with Gasteiger partial charge in [0.2, 0.25) is 17.4 Å². The molecule has 1 aromatic carbocycles. The van der Waals surface area contributed by atoms with E-state index in [1.165, 1.54) is 24.1 Å². The first-order chi connectivity index (χ1) is 17.9. The number of anilines is 1. The van der Waals surface area contributed by atoms with Gasteiger partial charge in [-0.2, -0.15) is 9.78 Å². The summed E-state index contributed by atoms with van der Waals surface area (Å²) in [5, 5.41) is 18.8. The third-order valence-electron chi connectivity index (χ3n) is 4.87. The molecule has 0 aliphatic carbocycles. The Bertz CT molecular complexity index is 1440. The van der Waals surface area contributed by atoms with Crippen molar-refractivity contribution >= 4 is 23.9 Å². The minimum Gasteiger partial charge on any atom is -0.490 e. The molecule has 3 N–H and O–H groups in total.